The van der Waals surface area contributed by atoms with Gasteiger partial charge in [-0.3, -0.25) is 9.78 Å². The van der Waals surface area contributed by atoms with Crippen LogP contribution in [-0.4, -0.2) is 58.6 Å². The molecule has 152 valence electrons. The van der Waals surface area contributed by atoms with Gasteiger partial charge in [0.25, 0.3) is 5.91 Å². The number of nitrogens with zero attached hydrogens (tertiary/aromatic N) is 3. The SMILES string of the molecule is CCc1cc(C(=O)N2CCC3(CC2)CN(CCc2ccccc2)C(=O)O3)ccn1. The third-order valence-electron chi connectivity index (χ3n) is 5.94. The molecule has 0 bridgehead atoms. The fraction of sp³-hybridized carbons (Fsp3) is 0.435. The summed E-state index contributed by atoms with van der Waals surface area (Å²) in [6.45, 7) is 4.49. The monoisotopic (exact) mass is 393 g/mol. The van der Waals surface area contributed by atoms with Crippen LogP contribution in [0.25, 0.3) is 0 Å². The number of benzene rings is 1. The lowest BCUT2D eigenvalue weighted by Crippen LogP contribution is -2.48. The first-order chi connectivity index (χ1) is 14.1. The topological polar surface area (TPSA) is 62.7 Å². The number of rotatable bonds is 5. The molecule has 4 rings (SSSR count). The molecule has 2 aliphatic heterocycles. The molecule has 0 N–H and O–H groups in total. The van der Waals surface area contributed by atoms with Gasteiger partial charge in [-0.1, -0.05) is 37.3 Å². The second-order valence-electron chi connectivity index (χ2n) is 7.89. The molecule has 2 amide bonds. The van der Waals surface area contributed by atoms with Crippen LogP contribution in [0, 0.1) is 0 Å². The number of likely N-dealkylation sites (tertiary alicyclic amines) is 1. The van der Waals surface area contributed by atoms with E-state index in [1.54, 1.807) is 17.2 Å². The lowest BCUT2D eigenvalue weighted by atomic mass is 9.91. The highest BCUT2D eigenvalue weighted by Gasteiger charge is 2.47. The average molecular weight is 393 g/mol. The van der Waals surface area contributed by atoms with E-state index in [9.17, 15) is 9.59 Å². The predicted octanol–water partition coefficient (Wildman–Crippen LogP) is 3.31. The van der Waals surface area contributed by atoms with Crippen LogP contribution in [0.3, 0.4) is 0 Å². The van der Waals surface area contributed by atoms with Crippen molar-refractivity contribution in [3.63, 3.8) is 0 Å². The molecule has 1 aromatic heterocycles. The summed E-state index contributed by atoms with van der Waals surface area (Å²) in [5.41, 5.74) is 2.35. The fourth-order valence-electron chi connectivity index (χ4n) is 4.14. The molecule has 0 unspecified atom stereocenters. The summed E-state index contributed by atoms with van der Waals surface area (Å²) in [7, 11) is 0. The van der Waals surface area contributed by atoms with Crippen LogP contribution in [0.5, 0.6) is 0 Å². The summed E-state index contributed by atoms with van der Waals surface area (Å²) in [6, 6.07) is 13.8. The molecule has 0 aliphatic carbocycles. The number of hydrogen-bond donors (Lipinski definition) is 0. The van der Waals surface area contributed by atoms with Gasteiger partial charge in [0.05, 0.1) is 6.54 Å². The molecule has 6 heteroatoms. The number of piperidine rings is 1. The molecule has 1 spiro atoms. The minimum atomic E-state index is -0.461. The first kappa shape index (κ1) is 19.4. The van der Waals surface area contributed by atoms with E-state index < -0.39 is 5.60 Å². The summed E-state index contributed by atoms with van der Waals surface area (Å²) >= 11 is 0. The normalized spacial score (nSPS) is 18.2. The van der Waals surface area contributed by atoms with Gasteiger partial charge in [0.1, 0.15) is 5.60 Å². The van der Waals surface area contributed by atoms with Gasteiger partial charge >= 0.3 is 6.09 Å². The zero-order chi connectivity index (χ0) is 20.3. The molecule has 1 aromatic carbocycles. The molecule has 0 radical (unpaired) electrons. The van der Waals surface area contributed by atoms with Gasteiger partial charge in [-0.05, 0) is 30.5 Å². The molecule has 0 saturated carbocycles. The van der Waals surface area contributed by atoms with Gasteiger partial charge in [-0.2, -0.15) is 0 Å². The van der Waals surface area contributed by atoms with E-state index in [0.717, 1.165) is 18.5 Å². The average Bonchev–Trinajstić information content (AvgIpc) is 3.07. The Morgan fingerprint density at radius 1 is 1.17 bits per heavy atom. The van der Waals surface area contributed by atoms with Gasteiger partial charge in [0.2, 0.25) is 0 Å². The molecular formula is C23H27N3O3. The highest BCUT2D eigenvalue weighted by molar-refractivity contribution is 5.94. The van der Waals surface area contributed by atoms with Crippen molar-refractivity contribution in [2.75, 3.05) is 26.2 Å². The Balaban J connectivity index is 1.33. The van der Waals surface area contributed by atoms with Crippen molar-refractivity contribution in [3.8, 4) is 0 Å². The molecule has 2 fully saturated rings. The number of aromatic nitrogens is 1. The lowest BCUT2D eigenvalue weighted by Gasteiger charge is -2.37. The highest BCUT2D eigenvalue weighted by atomic mass is 16.6. The Morgan fingerprint density at radius 2 is 1.93 bits per heavy atom. The standard InChI is InChI=1S/C23H27N3O3/c1-2-20-16-19(8-12-24-20)21(27)25-14-10-23(11-15-25)17-26(22(28)29-23)13-9-18-6-4-3-5-7-18/h3-8,12,16H,2,9-11,13-15,17H2,1H3. The van der Waals surface area contributed by atoms with Crippen LogP contribution in [-0.2, 0) is 17.6 Å². The van der Waals surface area contributed by atoms with E-state index in [1.807, 2.05) is 36.1 Å². The van der Waals surface area contributed by atoms with Gasteiger partial charge in [-0.25, -0.2) is 4.79 Å². The number of amides is 2. The minimum absolute atomic E-state index is 0.0298. The van der Waals surface area contributed by atoms with Crippen molar-refractivity contribution in [3.05, 3.63) is 65.5 Å². The van der Waals surface area contributed by atoms with E-state index in [1.165, 1.54) is 5.56 Å². The number of ether oxygens (including phenoxy) is 1. The summed E-state index contributed by atoms with van der Waals surface area (Å²) < 4.78 is 5.80. The largest absolute Gasteiger partial charge is 0.441 e. The first-order valence-corrected chi connectivity index (χ1v) is 10.3. The number of hydrogen-bond acceptors (Lipinski definition) is 4. The predicted molar refractivity (Wildman–Crippen MR) is 110 cm³/mol. The molecule has 2 aromatic rings. The van der Waals surface area contributed by atoms with E-state index in [2.05, 4.69) is 17.1 Å². The van der Waals surface area contributed by atoms with Crippen molar-refractivity contribution in [2.45, 2.75) is 38.2 Å². The fourth-order valence-corrected chi connectivity index (χ4v) is 4.14. The Kier molecular flexibility index (Phi) is 5.51. The third-order valence-corrected chi connectivity index (χ3v) is 5.94. The number of aryl methyl sites for hydroxylation is 1. The van der Waals surface area contributed by atoms with E-state index in [0.29, 0.717) is 44.6 Å². The zero-order valence-corrected chi connectivity index (χ0v) is 16.8. The zero-order valence-electron chi connectivity index (χ0n) is 16.8. The number of pyridine rings is 1. The minimum Gasteiger partial charge on any atom is -0.441 e. The van der Waals surface area contributed by atoms with Gasteiger partial charge in [-0.15, -0.1) is 0 Å². The molecule has 2 aliphatic rings. The van der Waals surface area contributed by atoms with Gasteiger partial charge < -0.3 is 14.5 Å². The molecule has 3 heterocycles. The number of carbonyl (C=O) groups is 2. The Bertz CT molecular complexity index is 876. The Labute approximate surface area is 171 Å². The summed E-state index contributed by atoms with van der Waals surface area (Å²) in [5, 5.41) is 0. The van der Waals surface area contributed by atoms with E-state index in [4.69, 9.17) is 4.74 Å². The maximum atomic E-state index is 12.8. The Hall–Kier alpha value is -2.89. The molecule has 2 saturated heterocycles. The van der Waals surface area contributed by atoms with Crippen molar-refractivity contribution >= 4 is 12.0 Å². The van der Waals surface area contributed by atoms with Crippen LogP contribution < -0.4 is 0 Å². The van der Waals surface area contributed by atoms with E-state index >= 15 is 0 Å². The quantitative estimate of drug-likeness (QED) is 0.782. The van der Waals surface area contributed by atoms with Crippen molar-refractivity contribution in [2.24, 2.45) is 0 Å². The third kappa shape index (κ3) is 4.26. The molecule has 29 heavy (non-hydrogen) atoms. The second kappa shape index (κ2) is 8.23. The van der Waals surface area contributed by atoms with Crippen LogP contribution in [0.1, 0.15) is 41.4 Å². The van der Waals surface area contributed by atoms with Gasteiger partial charge in [0.15, 0.2) is 0 Å². The molecular weight excluding hydrogens is 366 g/mol. The summed E-state index contributed by atoms with van der Waals surface area (Å²) in [5.74, 6) is 0.0298. The molecule has 6 nitrogen and oxygen atoms in total. The van der Waals surface area contributed by atoms with Crippen LogP contribution in [0.4, 0.5) is 4.79 Å². The number of carbonyl (C=O) groups excluding carboxylic acids is 2. The van der Waals surface area contributed by atoms with Crippen LogP contribution in [0.15, 0.2) is 48.7 Å². The second-order valence-corrected chi connectivity index (χ2v) is 7.89. The van der Waals surface area contributed by atoms with E-state index in [-0.39, 0.29) is 12.0 Å². The maximum absolute atomic E-state index is 12.8. The first-order valence-electron chi connectivity index (χ1n) is 10.3. The van der Waals surface area contributed by atoms with Crippen molar-refractivity contribution in [1.29, 1.82) is 0 Å². The summed E-state index contributed by atoms with van der Waals surface area (Å²) in [4.78, 5) is 33.2. The maximum Gasteiger partial charge on any atom is 0.410 e. The van der Waals surface area contributed by atoms with Gasteiger partial charge in [0, 0.05) is 49.9 Å². The highest BCUT2D eigenvalue weighted by Crippen LogP contribution is 2.33. The van der Waals surface area contributed by atoms with Crippen LogP contribution in [0.2, 0.25) is 0 Å². The van der Waals surface area contributed by atoms with Crippen molar-refractivity contribution in [1.82, 2.24) is 14.8 Å². The van der Waals surface area contributed by atoms with Crippen LogP contribution >= 0.6 is 0 Å². The van der Waals surface area contributed by atoms with Crippen molar-refractivity contribution < 1.29 is 14.3 Å². The smallest absolute Gasteiger partial charge is 0.410 e. The Morgan fingerprint density at radius 3 is 2.66 bits per heavy atom. The molecule has 0 atom stereocenters. The lowest BCUT2D eigenvalue weighted by molar-refractivity contribution is 0.00313. The summed E-state index contributed by atoms with van der Waals surface area (Å²) in [6.07, 6.45) is 4.44.